The van der Waals surface area contributed by atoms with E-state index in [1.807, 2.05) is 26.0 Å². The maximum atomic E-state index is 4.16. The van der Waals surface area contributed by atoms with E-state index in [9.17, 15) is 0 Å². The molecule has 0 aliphatic carbocycles. The highest BCUT2D eigenvalue weighted by Gasteiger charge is 2.12. The molecule has 2 aromatic carbocycles. The molecule has 0 aliphatic heterocycles. The van der Waals surface area contributed by atoms with E-state index in [1.165, 1.54) is 22.3 Å². The van der Waals surface area contributed by atoms with Crippen LogP contribution in [-0.4, -0.2) is 0 Å². The monoisotopic (exact) mass is 260 g/mol. The number of hydrogen-bond donors (Lipinski definition) is 0. The molecule has 0 radical (unpaired) electrons. The molecule has 2 aromatic rings. The van der Waals surface area contributed by atoms with Crippen molar-refractivity contribution in [3.63, 3.8) is 0 Å². The van der Waals surface area contributed by atoms with Crippen LogP contribution in [0.1, 0.15) is 25.0 Å². The van der Waals surface area contributed by atoms with Gasteiger partial charge in [-0.3, -0.25) is 0 Å². The van der Waals surface area contributed by atoms with Crippen LogP contribution in [0.5, 0.6) is 0 Å². The zero-order valence-electron chi connectivity index (χ0n) is 12.2. The van der Waals surface area contributed by atoms with Gasteiger partial charge in [0.25, 0.3) is 0 Å². The molecule has 0 saturated carbocycles. The number of allylic oxidation sites excluding steroid dienone is 4. The Morgan fingerprint density at radius 1 is 0.600 bits per heavy atom. The largest absolute Gasteiger partial charge is 0.0955 e. The molecule has 0 nitrogen and oxygen atoms in total. The van der Waals surface area contributed by atoms with Crippen LogP contribution in [0.25, 0.3) is 11.1 Å². The van der Waals surface area contributed by atoms with Crippen LogP contribution in [0.4, 0.5) is 0 Å². The van der Waals surface area contributed by atoms with Crippen LogP contribution >= 0.6 is 0 Å². The van der Waals surface area contributed by atoms with Gasteiger partial charge in [0.1, 0.15) is 0 Å². The molecule has 0 aromatic heterocycles. The Kier molecular flexibility index (Phi) is 4.37. The third kappa shape index (κ3) is 2.97. The molecule has 0 aliphatic rings. The quantitative estimate of drug-likeness (QED) is 0.485. The van der Waals surface area contributed by atoms with Gasteiger partial charge < -0.3 is 0 Å². The van der Waals surface area contributed by atoms with Gasteiger partial charge in [-0.15, -0.1) is 0 Å². The normalized spacial score (nSPS) is 11.7. The molecule has 0 unspecified atom stereocenters. The second-order valence-corrected chi connectivity index (χ2v) is 5.04. The highest BCUT2D eigenvalue weighted by molar-refractivity contribution is 6.03. The minimum absolute atomic E-state index is 1.05. The summed E-state index contributed by atoms with van der Waals surface area (Å²) in [6.07, 6.45) is 0. The van der Waals surface area contributed by atoms with Crippen molar-refractivity contribution in [3.8, 4) is 0 Å². The fourth-order valence-corrected chi connectivity index (χ4v) is 2.42. The van der Waals surface area contributed by atoms with Gasteiger partial charge in [0.2, 0.25) is 0 Å². The van der Waals surface area contributed by atoms with Crippen molar-refractivity contribution in [2.24, 2.45) is 0 Å². The summed E-state index contributed by atoms with van der Waals surface area (Å²) in [5.41, 5.74) is 6.81. The summed E-state index contributed by atoms with van der Waals surface area (Å²) < 4.78 is 0. The van der Waals surface area contributed by atoms with Crippen LogP contribution < -0.4 is 0 Å². The summed E-state index contributed by atoms with van der Waals surface area (Å²) in [6.45, 7) is 12.4. The van der Waals surface area contributed by atoms with Crippen molar-refractivity contribution < 1.29 is 0 Å². The van der Waals surface area contributed by atoms with E-state index in [4.69, 9.17) is 0 Å². The second-order valence-electron chi connectivity index (χ2n) is 5.04. The van der Waals surface area contributed by atoms with Crippen LogP contribution in [-0.2, 0) is 0 Å². The molecule has 0 heterocycles. The molecule has 0 atom stereocenters. The standard InChI is InChI=1S/C20H20/c1-15(2)19(17-11-7-5-8-12-17)20(16(3)4)18-13-9-6-10-14-18/h5-14H,1,3H2,2,4H3/b20-19-. The van der Waals surface area contributed by atoms with Gasteiger partial charge >= 0.3 is 0 Å². The Balaban J connectivity index is 2.74. The third-order valence-corrected chi connectivity index (χ3v) is 3.23. The first-order chi connectivity index (χ1) is 9.61. The Labute approximate surface area is 121 Å². The highest BCUT2D eigenvalue weighted by atomic mass is 14.2. The Morgan fingerprint density at radius 3 is 1.15 bits per heavy atom. The predicted molar refractivity (Wildman–Crippen MR) is 89.3 cm³/mol. The fourth-order valence-electron chi connectivity index (χ4n) is 2.42. The maximum Gasteiger partial charge on any atom is -0.00796 e. The van der Waals surface area contributed by atoms with Crippen LogP contribution in [0.3, 0.4) is 0 Å². The number of rotatable bonds is 4. The number of benzene rings is 2. The lowest BCUT2D eigenvalue weighted by Gasteiger charge is -2.17. The molecular weight excluding hydrogens is 240 g/mol. The maximum absolute atomic E-state index is 4.16. The first kappa shape index (κ1) is 14.1. The van der Waals surface area contributed by atoms with Crippen LogP contribution in [0, 0.1) is 0 Å². The van der Waals surface area contributed by atoms with Crippen molar-refractivity contribution >= 4 is 11.1 Å². The zero-order chi connectivity index (χ0) is 14.5. The molecule has 0 spiro atoms. The molecule has 0 N–H and O–H groups in total. The SMILES string of the molecule is C=C(C)/C(=C(\C(=C)C)c1ccccc1)c1ccccc1. The average Bonchev–Trinajstić information content (AvgIpc) is 2.45. The average molecular weight is 260 g/mol. The lowest BCUT2D eigenvalue weighted by atomic mass is 9.87. The summed E-state index contributed by atoms with van der Waals surface area (Å²) in [5.74, 6) is 0. The van der Waals surface area contributed by atoms with Crippen LogP contribution in [0.15, 0.2) is 85.0 Å². The van der Waals surface area contributed by atoms with E-state index in [-0.39, 0.29) is 0 Å². The van der Waals surface area contributed by atoms with Gasteiger partial charge in [-0.05, 0) is 47.3 Å². The second kappa shape index (κ2) is 6.21. The molecule has 0 bridgehead atoms. The van der Waals surface area contributed by atoms with E-state index in [1.54, 1.807) is 0 Å². The first-order valence-electron chi connectivity index (χ1n) is 6.78. The first-order valence-corrected chi connectivity index (χ1v) is 6.78. The van der Waals surface area contributed by atoms with E-state index < -0.39 is 0 Å². The molecule has 0 fully saturated rings. The van der Waals surface area contributed by atoms with Gasteiger partial charge in [-0.25, -0.2) is 0 Å². The van der Waals surface area contributed by atoms with E-state index >= 15 is 0 Å². The fraction of sp³-hybridized carbons (Fsp3) is 0.100. The van der Waals surface area contributed by atoms with Crippen molar-refractivity contribution in [1.29, 1.82) is 0 Å². The van der Waals surface area contributed by atoms with Gasteiger partial charge in [0.15, 0.2) is 0 Å². The Bertz CT molecular complexity index is 583. The van der Waals surface area contributed by atoms with Gasteiger partial charge in [0, 0.05) is 0 Å². The summed E-state index contributed by atoms with van der Waals surface area (Å²) in [7, 11) is 0. The molecule has 0 saturated heterocycles. The van der Waals surface area contributed by atoms with Gasteiger partial charge in [0.05, 0.1) is 0 Å². The van der Waals surface area contributed by atoms with E-state index in [0.717, 1.165) is 11.1 Å². The number of hydrogen-bond acceptors (Lipinski definition) is 0. The van der Waals surface area contributed by atoms with Crippen molar-refractivity contribution in [3.05, 3.63) is 96.1 Å². The van der Waals surface area contributed by atoms with Crippen molar-refractivity contribution in [1.82, 2.24) is 0 Å². The summed E-state index contributed by atoms with van der Waals surface area (Å²) in [5, 5.41) is 0. The Morgan fingerprint density at radius 2 is 0.900 bits per heavy atom. The third-order valence-electron chi connectivity index (χ3n) is 3.23. The lowest BCUT2D eigenvalue weighted by Crippen LogP contribution is -1.95. The van der Waals surface area contributed by atoms with Crippen molar-refractivity contribution in [2.75, 3.05) is 0 Å². The molecule has 0 heteroatoms. The zero-order valence-corrected chi connectivity index (χ0v) is 12.2. The Hall–Kier alpha value is -2.34. The summed E-state index contributed by atoms with van der Waals surface area (Å²) >= 11 is 0. The minimum Gasteiger partial charge on any atom is -0.0955 e. The minimum atomic E-state index is 1.05. The summed E-state index contributed by atoms with van der Waals surface area (Å²) in [4.78, 5) is 0. The highest BCUT2D eigenvalue weighted by Crippen LogP contribution is 2.35. The topological polar surface area (TPSA) is 0 Å². The molecular formula is C20H20. The summed E-state index contributed by atoms with van der Waals surface area (Å²) in [6, 6.07) is 20.8. The lowest BCUT2D eigenvalue weighted by molar-refractivity contribution is 1.46. The van der Waals surface area contributed by atoms with E-state index in [0.29, 0.717) is 0 Å². The smallest absolute Gasteiger partial charge is 0.00796 e. The molecule has 2 rings (SSSR count). The van der Waals surface area contributed by atoms with E-state index in [2.05, 4.69) is 61.7 Å². The molecule has 20 heavy (non-hydrogen) atoms. The molecule has 100 valence electrons. The van der Waals surface area contributed by atoms with Gasteiger partial charge in [-0.2, -0.15) is 0 Å². The van der Waals surface area contributed by atoms with Gasteiger partial charge in [-0.1, -0.05) is 73.8 Å². The predicted octanol–water partition coefficient (Wildman–Crippen LogP) is 5.75. The van der Waals surface area contributed by atoms with Crippen LogP contribution in [0.2, 0.25) is 0 Å². The van der Waals surface area contributed by atoms with Crippen molar-refractivity contribution in [2.45, 2.75) is 13.8 Å². The molecule has 0 amide bonds.